The number of primary amides is 1. The molecule has 0 spiro atoms. The molecule has 7 nitrogen and oxygen atoms in total. The molecular formula is C12H24N4O3. The van der Waals surface area contributed by atoms with Crippen molar-refractivity contribution < 1.29 is 14.4 Å². The quantitative estimate of drug-likeness (QED) is 0.818. The summed E-state index contributed by atoms with van der Waals surface area (Å²) in [6, 6.07) is -2.74. The molecule has 110 valence electrons. The monoisotopic (exact) mass is 272 g/mol. The van der Waals surface area contributed by atoms with Gasteiger partial charge in [0.25, 0.3) is 0 Å². The van der Waals surface area contributed by atoms with Gasteiger partial charge in [-0.15, -0.1) is 0 Å². The first-order valence-electron chi connectivity index (χ1n) is 6.31. The molecule has 0 rings (SSSR count). The van der Waals surface area contributed by atoms with Gasteiger partial charge in [-0.3, -0.25) is 5.32 Å². The number of nitrogens with two attached hydrogens (primary N) is 1. The Balaban J connectivity index is 5.23. The Morgan fingerprint density at radius 2 is 1.32 bits per heavy atom. The van der Waals surface area contributed by atoms with E-state index in [1.54, 1.807) is 18.7 Å². The van der Waals surface area contributed by atoms with E-state index >= 15 is 0 Å². The van der Waals surface area contributed by atoms with E-state index in [1.807, 2.05) is 33.0 Å². The minimum atomic E-state index is -0.982. The third-order valence-corrected chi connectivity index (χ3v) is 2.50. The van der Waals surface area contributed by atoms with E-state index in [0.717, 1.165) is 4.90 Å². The molecule has 0 aromatic rings. The van der Waals surface area contributed by atoms with Gasteiger partial charge in [-0.05, 0) is 41.5 Å². The number of nitrogens with one attached hydrogen (secondary N) is 1. The van der Waals surface area contributed by atoms with Gasteiger partial charge in [-0.1, -0.05) is 0 Å². The Kier molecular flexibility index (Phi) is 6.31. The molecule has 19 heavy (non-hydrogen) atoms. The lowest BCUT2D eigenvalue weighted by Crippen LogP contribution is -2.57. The maximum atomic E-state index is 12.4. The number of imide groups is 2. The average Bonchev–Trinajstić information content (AvgIpc) is 2.13. The van der Waals surface area contributed by atoms with Gasteiger partial charge in [-0.25, -0.2) is 19.3 Å². The van der Waals surface area contributed by atoms with Crippen molar-refractivity contribution in [3.8, 4) is 0 Å². The summed E-state index contributed by atoms with van der Waals surface area (Å²) < 4.78 is 0. The molecule has 0 atom stereocenters. The first kappa shape index (κ1) is 17.2. The maximum absolute atomic E-state index is 12.4. The van der Waals surface area contributed by atoms with Crippen molar-refractivity contribution >= 4 is 18.1 Å². The lowest BCUT2D eigenvalue weighted by molar-refractivity contribution is 0.122. The third-order valence-electron chi connectivity index (χ3n) is 2.50. The molecule has 7 heteroatoms. The molecule has 0 unspecified atom stereocenters. The molecule has 0 radical (unpaired) electrons. The van der Waals surface area contributed by atoms with Crippen molar-refractivity contribution in [2.75, 3.05) is 0 Å². The molecule has 0 saturated carbocycles. The zero-order valence-corrected chi connectivity index (χ0v) is 12.4. The van der Waals surface area contributed by atoms with Crippen LogP contribution in [0.3, 0.4) is 0 Å². The van der Waals surface area contributed by atoms with Crippen molar-refractivity contribution in [3.05, 3.63) is 0 Å². The van der Waals surface area contributed by atoms with E-state index in [-0.39, 0.29) is 18.1 Å². The summed E-state index contributed by atoms with van der Waals surface area (Å²) in [5, 5.41) is 1.92. The van der Waals surface area contributed by atoms with E-state index in [1.165, 1.54) is 0 Å². The predicted octanol–water partition coefficient (Wildman–Crippen LogP) is 1.72. The van der Waals surface area contributed by atoms with Gasteiger partial charge < -0.3 is 10.6 Å². The topological polar surface area (TPSA) is 95.7 Å². The first-order valence-corrected chi connectivity index (χ1v) is 6.31. The highest BCUT2D eigenvalue weighted by Gasteiger charge is 2.32. The minimum absolute atomic E-state index is 0.0601. The van der Waals surface area contributed by atoms with Crippen LogP contribution in [0.4, 0.5) is 14.4 Å². The fourth-order valence-electron chi connectivity index (χ4n) is 1.87. The van der Waals surface area contributed by atoms with Crippen molar-refractivity contribution in [2.24, 2.45) is 5.73 Å². The predicted molar refractivity (Wildman–Crippen MR) is 72.6 cm³/mol. The smallest absolute Gasteiger partial charge is 0.333 e. The van der Waals surface area contributed by atoms with E-state index in [2.05, 4.69) is 0 Å². The molecule has 0 heterocycles. The van der Waals surface area contributed by atoms with Crippen molar-refractivity contribution in [2.45, 2.75) is 59.7 Å². The number of amides is 6. The fraction of sp³-hybridized carbons (Fsp3) is 0.750. The summed E-state index contributed by atoms with van der Waals surface area (Å²) in [5.41, 5.74) is 4.90. The number of carbonyl (C=O) groups excluding carboxylic acids is 3. The Morgan fingerprint density at radius 1 is 0.895 bits per heavy atom. The SMILES string of the molecule is CC(C)N(C(=O)NC(N)=O)C(=O)N(C(C)C)C(C)C. The van der Waals surface area contributed by atoms with Crippen molar-refractivity contribution in [1.29, 1.82) is 0 Å². The highest BCUT2D eigenvalue weighted by atomic mass is 16.2. The molecule has 0 aliphatic heterocycles. The Morgan fingerprint density at radius 3 is 1.58 bits per heavy atom. The Labute approximate surface area is 114 Å². The van der Waals surface area contributed by atoms with Crippen LogP contribution in [0.5, 0.6) is 0 Å². The number of nitrogens with zero attached hydrogens (tertiary/aromatic N) is 2. The van der Waals surface area contributed by atoms with Crippen LogP contribution in [0.15, 0.2) is 0 Å². The van der Waals surface area contributed by atoms with Gasteiger partial charge in [0.2, 0.25) is 0 Å². The van der Waals surface area contributed by atoms with Crippen LogP contribution >= 0.6 is 0 Å². The van der Waals surface area contributed by atoms with E-state index in [0.29, 0.717) is 0 Å². The molecule has 0 saturated heterocycles. The zero-order chi connectivity index (χ0) is 15.3. The van der Waals surface area contributed by atoms with Gasteiger partial charge >= 0.3 is 18.1 Å². The summed E-state index contributed by atoms with van der Waals surface area (Å²) in [5.74, 6) is 0. The number of carbonyl (C=O) groups is 3. The third kappa shape index (κ3) is 4.76. The average molecular weight is 272 g/mol. The second-order valence-corrected chi connectivity index (χ2v) is 5.14. The van der Waals surface area contributed by atoms with Crippen LogP contribution in [0.1, 0.15) is 41.5 Å². The van der Waals surface area contributed by atoms with Crippen LogP contribution in [-0.2, 0) is 0 Å². The summed E-state index contributed by atoms with van der Waals surface area (Å²) in [6.07, 6.45) is 0. The van der Waals surface area contributed by atoms with E-state index in [4.69, 9.17) is 5.73 Å². The highest BCUT2D eigenvalue weighted by Crippen LogP contribution is 2.12. The Hall–Kier alpha value is -1.79. The van der Waals surface area contributed by atoms with Gasteiger partial charge in [0.05, 0.1) is 0 Å². The normalized spacial score (nSPS) is 10.8. The number of rotatable bonds is 3. The van der Waals surface area contributed by atoms with Crippen molar-refractivity contribution in [1.82, 2.24) is 15.1 Å². The highest BCUT2D eigenvalue weighted by molar-refractivity contribution is 6.01. The van der Waals surface area contributed by atoms with E-state index in [9.17, 15) is 14.4 Å². The van der Waals surface area contributed by atoms with Crippen LogP contribution in [-0.4, -0.2) is 46.0 Å². The summed E-state index contributed by atoms with van der Waals surface area (Å²) in [4.78, 5) is 37.6. The van der Waals surface area contributed by atoms with Gasteiger partial charge in [0.1, 0.15) is 0 Å². The van der Waals surface area contributed by atoms with E-state index < -0.39 is 18.1 Å². The minimum Gasteiger partial charge on any atom is -0.351 e. The summed E-state index contributed by atoms with van der Waals surface area (Å²) in [7, 11) is 0. The zero-order valence-electron chi connectivity index (χ0n) is 12.4. The molecule has 6 amide bonds. The molecule has 0 bridgehead atoms. The fourth-order valence-corrected chi connectivity index (χ4v) is 1.87. The van der Waals surface area contributed by atoms with Crippen LogP contribution in [0.25, 0.3) is 0 Å². The molecule has 0 aliphatic carbocycles. The van der Waals surface area contributed by atoms with Crippen molar-refractivity contribution in [3.63, 3.8) is 0 Å². The first-order chi connectivity index (χ1) is 8.59. The maximum Gasteiger partial charge on any atom is 0.333 e. The van der Waals surface area contributed by atoms with Gasteiger partial charge in [0, 0.05) is 18.1 Å². The van der Waals surface area contributed by atoms with Crippen LogP contribution in [0.2, 0.25) is 0 Å². The lowest BCUT2D eigenvalue weighted by Gasteiger charge is -2.36. The summed E-state index contributed by atoms with van der Waals surface area (Å²) >= 11 is 0. The molecule has 0 aromatic heterocycles. The van der Waals surface area contributed by atoms with Crippen LogP contribution < -0.4 is 11.1 Å². The van der Waals surface area contributed by atoms with Gasteiger partial charge in [-0.2, -0.15) is 0 Å². The molecular weight excluding hydrogens is 248 g/mol. The van der Waals surface area contributed by atoms with Crippen LogP contribution in [0, 0.1) is 0 Å². The second kappa shape index (κ2) is 6.96. The standard InChI is InChI=1S/C12H24N4O3/c1-7(2)15(8(3)4)12(19)16(9(5)6)11(18)14-10(13)17/h7-9H,1-6H3,(H3,13,14,17,18). The molecule has 0 aliphatic rings. The second-order valence-electron chi connectivity index (χ2n) is 5.14. The number of hydrogen-bond donors (Lipinski definition) is 2. The molecule has 3 N–H and O–H groups in total. The summed E-state index contributed by atoms with van der Waals surface area (Å²) in [6.45, 7) is 10.8. The largest absolute Gasteiger partial charge is 0.351 e. The number of urea groups is 3. The van der Waals surface area contributed by atoms with Gasteiger partial charge in [0.15, 0.2) is 0 Å². The lowest BCUT2D eigenvalue weighted by atomic mass is 10.2. The Bertz CT molecular complexity index is 345. The number of hydrogen-bond acceptors (Lipinski definition) is 3. The molecule has 0 aromatic carbocycles. The molecule has 0 fully saturated rings.